The number of rotatable bonds is 1. The molecule has 1 heterocycles. The molecule has 0 saturated heterocycles. The quantitative estimate of drug-likeness (QED) is 0.732. The van der Waals surface area contributed by atoms with Gasteiger partial charge in [0.2, 0.25) is 0 Å². The topological polar surface area (TPSA) is 29.4 Å². The van der Waals surface area contributed by atoms with Gasteiger partial charge < -0.3 is 0 Å². The van der Waals surface area contributed by atoms with Gasteiger partial charge in [-0.15, -0.1) is 0 Å². The van der Waals surface area contributed by atoms with Crippen molar-refractivity contribution in [3.05, 3.63) is 0 Å². The molecule has 2 bridgehead atoms. The van der Waals surface area contributed by atoms with Gasteiger partial charge >= 0.3 is 0 Å². The molecule has 3 aliphatic rings. The smallest absolute Gasteiger partial charge is 0.150 e. The van der Waals surface area contributed by atoms with Crippen LogP contribution in [0.3, 0.4) is 0 Å². The molecule has 1 aliphatic heterocycles. The highest BCUT2D eigenvalue weighted by molar-refractivity contribution is 8.39. The van der Waals surface area contributed by atoms with E-state index in [4.69, 9.17) is 0 Å². The molecule has 0 spiro atoms. The van der Waals surface area contributed by atoms with E-state index in [1.54, 1.807) is 11.8 Å². The van der Waals surface area contributed by atoms with E-state index < -0.39 is 0 Å². The lowest BCUT2D eigenvalue weighted by atomic mass is 9.71. The third-order valence-corrected chi connectivity index (χ3v) is 7.98. The van der Waals surface area contributed by atoms with E-state index in [1.165, 1.54) is 6.42 Å². The van der Waals surface area contributed by atoms with Gasteiger partial charge in [0.1, 0.15) is 10.2 Å². The van der Waals surface area contributed by atoms with E-state index in [0.29, 0.717) is 5.78 Å². The van der Waals surface area contributed by atoms with E-state index in [9.17, 15) is 4.79 Å². The highest BCUT2D eigenvalue weighted by atomic mass is 32.2. The molecule has 0 aromatic rings. The fourth-order valence-corrected chi connectivity index (χ4v) is 6.34. The number of fused-ring (bicyclic) bond motifs is 2. The minimum absolute atomic E-state index is 0.153. The second-order valence-corrected chi connectivity index (χ2v) is 8.56. The van der Waals surface area contributed by atoms with Gasteiger partial charge in [0, 0.05) is 11.7 Å². The first kappa shape index (κ1) is 12.1. The minimum atomic E-state index is 0.153. The largest absolute Gasteiger partial charge is 0.298 e. The van der Waals surface area contributed by atoms with Gasteiger partial charge in [0.15, 0.2) is 0 Å². The number of hydrogen-bond donors (Lipinski definition) is 0. The zero-order valence-electron chi connectivity index (χ0n) is 10.7. The first-order chi connectivity index (χ1) is 7.97. The normalized spacial score (nSPS) is 43.2. The summed E-state index contributed by atoms with van der Waals surface area (Å²) < 4.78 is 1.15. The zero-order valence-corrected chi connectivity index (χ0v) is 12.3. The number of aliphatic imine (C=N–C) groups is 1. The van der Waals surface area contributed by atoms with Crippen LogP contribution in [0.15, 0.2) is 4.99 Å². The standard InChI is InChI=1S/C13H19NOS2/c1-12(2)8-4-5-13(12,3)10(9(8)15)17-11-14-6-7-16-11/h8,10H,4-7H2,1-3H3/t8-,10-,13+/m1/s1. The van der Waals surface area contributed by atoms with Crippen molar-refractivity contribution < 1.29 is 4.79 Å². The number of carbonyl (C=O) groups excluding carboxylic acids is 1. The van der Waals surface area contributed by atoms with Crippen LogP contribution in [0.5, 0.6) is 0 Å². The molecule has 2 saturated carbocycles. The Morgan fingerprint density at radius 3 is 2.71 bits per heavy atom. The molecule has 0 radical (unpaired) electrons. The molecular weight excluding hydrogens is 250 g/mol. The minimum Gasteiger partial charge on any atom is -0.298 e. The molecule has 94 valence electrons. The summed E-state index contributed by atoms with van der Waals surface area (Å²) in [5, 5.41) is 0.153. The maximum Gasteiger partial charge on any atom is 0.150 e. The Labute approximate surface area is 111 Å². The van der Waals surface area contributed by atoms with Crippen molar-refractivity contribution in [2.24, 2.45) is 21.7 Å². The Morgan fingerprint density at radius 1 is 1.41 bits per heavy atom. The van der Waals surface area contributed by atoms with E-state index in [0.717, 1.165) is 23.1 Å². The van der Waals surface area contributed by atoms with Crippen molar-refractivity contribution in [2.75, 3.05) is 12.3 Å². The maximum atomic E-state index is 12.5. The van der Waals surface area contributed by atoms with Crippen molar-refractivity contribution in [2.45, 2.75) is 38.9 Å². The molecule has 17 heavy (non-hydrogen) atoms. The van der Waals surface area contributed by atoms with E-state index in [-0.39, 0.29) is 22.0 Å². The third-order valence-electron chi connectivity index (χ3n) is 5.25. The number of ketones is 1. The van der Waals surface area contributed by atoms with Crippen molar-refractivity contribution in [1.29, 1.82) is 0 Å². The fourth-order valence-electron chi connectivity index (χ4n) is 3.66. The monoisotopic (exact) mass is 269 g/mol. The van der Waals surface area contributed by atoms with Crippen LogP contribution in [0.25, 0.3) is 0 Å². The first-order valence-electron chi connectivity index (χ1n) is 6.34. The van der Waals surface area contributed by atoms with Crippen molar-refractivity contribution in [3.63, 3.8) is 0 Å². The first-order valence-corrected chi connectivity index (χ1v) is 8.21. The summed E-state index contributed by atoms with van der Waals surface area (Å²) in [5.74, 6) is 1.87. The molecule has 0 aromatic carbocycles. The number of thioether (sulfide) groups is 2. The zero-order chi connectivity index (χ0) is 12.3. The van der Waals surface area contributed by atoms with E-state index in [2.05, 4.69) is 25.8 Å². The fraction of sp³-hybridized carbons (Fsp3) is 0.846. The number of carbonyl (C=O) groups is 1. The summed E-state index contributed by atoms with van der Waals surface area (Å²) in [5.41, 5.74) is 0.344. The highest BCUT2D eigenvalue weighted by Gasteiger charge is 2.66. The van der Waals surface area contributed by atoms with Gasteiger partial charge in [-0.05, 0) is 23.7 Å². The van der Waals surface area contributed by atoms with Crippen molar-refractivity contribution in [3.8, 4) is 0 Å². The molecule has 3 atom stereocenters. The lowest BCUT2D eigenvalue weighted by Crippen LogP contribution is -2.36. The average molecular weight is 269 g/mol. The molecular formula is C13H19NOS2. The highest BCUT2D eigenvalue weighted by Crippen LogP contribution is 2.66. The summed E-state index contributed by atoms with van der Waals surface area (Å²) in [6.45, 7) is 7.81. The van der Waals surface area contributed by atoms with Crippen LogP contribution in [-0.2, 0) is 4.79 Å². The van der Waals surface area contributed by atoms with Gasteiger partial charge in [-0.25, -0.2) is 0 Å². The van der Waals surface area contributed by atoms with Gasteiger partial charge in [-0.3, -0.25) is 9.79 Å². The molecule has 2 fully saturated rings. The Hall–Kier alpha value is 0.0400. The maximum absolute atomic E-state index is 12.5. The molecule has 4 heteroatoms. The molecule has 2 aliphatic carbocycles. The third kappa shape index (κ3) is 1.49. The van der Waals surface area contributed by atoms with E-state index >= 15 is 0 Å². The molecule has 0 amide bonds. The van der Waals surface area contributed by atoms with Gasteiger partial charge in [-0.1, -0.05) is 44.3 Å². The van der Waals surface area contributed by atoms with Crippen LogP contribution in [0.4, 0.5) is 0 Å². The number of nitrogens with zero attached hydrogens (tertiary/aromatic N) is 1. The van der Waals surface area contributed by atoms with Gasteiger partial charge in [0.05, 0.1) is 11.8 Å². The Morgan fingerprint density at radius 2 is 2.18 bits per heavy atom. The molecule has 0 unspecified atom stereocenters. The average Bonchev–Trinajstić information content (AvgIpc) is 2.86. The predicted molar refractivity (Wildman–Crippen MR) is 75.8 cm³/mol. The van der Waals surface area contributed by atoms with Gasteiger partial charge in [-0.2, -0.15) is 0 Å². The second kappa shape index (κ2) is 3.77. The van der Waals surface area contributed by atoms with Crippen LogP contribution in [0.2, 0.25) is 0 Å². The Kier molecular flexibility index (Phi) is 2.68. The van der Waals surface area contributed by atoms with Crippen LogP contribution in [-0.4, -0.2) is 27.7 Å². The molecule has 3 rings (SSSR count). The van der Waals surface area contributed by atoms with E-state index in [1.807, 2.05) is 11.8 Å². The van der Waals surface area contributed by atoms with Crippen LogP contribution < -0.4 is 0 Å². The molecule has 2 nitrogen and oxygen atoms in total. The second-order valence-electron chi connectivity index (χ2n) is 6.13. The van der Waals surface area contributed by atoms with Crippen molar-refractivity contribution >= 4 is 33.7 Å². The summed E-state index contributed by atoms with van der Waals surface area (Å²) in [4.78, 5) is 17.0. The summed E-state index contributed by atoms with van der Waals surface area (Å²) in [6.07, 6.45) is 2.30. The van der Waals surface area contributed by atoms with Gasteiger partial charge in [0.25, 0.3) is 0 Å². The van der Waals surface area contributed by atoms with Crippen LogP contribution in [0, 0.1) is 16.7 Å². The van der Waals surface area contributed by atoms with Crippen LogP contribution in [0.1, 0.15) is 33.6 Å². The summed E-state index contributed by atoms with van der Waals surface area (Å²) >= 11 is 3.57. The number of Topliss-reactive ketones (excluding diaryl/α,β-unsaturated/α-hetero) is 1. The summed E-state index contributed by atoms with van der Waals surface area (Å²) in [7, 11) is 0. The lowest BCUT2D eigenvalue weighted by Gasteiger charge is -2.37. The number of hydrogen-bond acceptors (Lipinski definition) is 4. The summed E-state index contributed by atoms with van der Waals surface area (Å²) in [6, 6.07) is 0. The lowest BCUT2D eigenvalue weighted by molar-refractivity contribution is -0.122. The molecule has 0 aromatic heterocycles. The Balaban J connectivity index is 1.88. The molecule has 0 N–H and O–H groups in total. The SMILES string of the molecule is CC1(C)[C@@H]2CC[C@@]1(C)[C@H](SC1=NCCS1)C2=O. The predicted octanol–water partition coefficient (Wildman–Crippen LogP) is 3.22. The Bertz CT molecular complexity index is 404. The van der Waals surface area contributed by atoms with Crippen LogP contribution >= 0.6 is 23.5 Å². The van der Waals surface area contributed by atoms with Crippen molar-refractivity contribution in [1.82, 2.24) is 0 Å².